The number of carbonyl (C=O) groups is 1. The van der Waals surface area contributed by atoms with Gasteiger partial charge in [0.25, 0.3) is 5.91 Å². The Bertz CT molecular complexity index is 1150. The Labute approximate surface area is 193 Å². The molecule has 1 fully saturated rings. The highest BCUT2D eigenvalue weighted by atomic mass is 16.5. The number of hydrogen-bond acceptors (Lipinski definition) is 7. The number of carbonyl (C=O) groups excluding carboxylic acids is 1. The van der Waals surface area contributed by atoms with Crippen molar-refractivity contribution in [3.8, 4) is 11.5 Å². The molecule has 3 aromatic rings. The number of para-hydroxylation sites is 1. The van der Waals surface area contributed by atoms with Gasteiger partial charge in [-0.3, -0.25) is 4.79 Å². The first kappa shape index (κ1) is 21.5. The van der Waals surface area contributed by atoms with E-state index < -0.39 is 0 Å². The van der Waals surface area contributed by atoms with Crippen molar-refractivity contribution < 1.29 is 14.3 Å². The van der Waals surface area contributed by atoms with E-state index in [-0.39, 0.29) is 18.1 Å². The zero-order chi connectivity index (χ0) is 22.8. The van der Waals surface area contributed by atoms with E-state index in [2.05, 4.69) is 25.3 Å². The fourth-order valence-electron chi connectivity index (χ4n) is 4.60. The van der Waals surface area contributed by atoms with Crippen LogP contribution in [-0.2, 0) is 17.8 Å². The molecule has 0 unspecified atom stereocenters. The molecule has 1 saturated heterocycles. The molecule has 0 bridgehead atoms. The average molecular weight is 451 g/mol. The summed E-state index contributed by atoms with van der Waals surface area (Å²) in [6.45, 7) is 7.00. The highest BCUT2D eigenvalue weighted by molar-refractivity contribution is 5.86. The number of ether oxygens (including phenoxy) is 2. The van der Waals surface area contributed by atoms with E-state index in [1.807, 2.05) is 42.9 Å². The van der Waals surface area contributed by atoms with Crippen LogP contribution in [0.5, 0.6) is 11.5 Å². The third-order valence-corrected chi connectivity index (χ3v) is 6.13. The molecule has 0 aliphatic carbocycles. The molecular weight excluding hydrogens is 420 g/mol. The number of amides is 1. The van der Waals surface area contributed by atoms with Gasteiger partial charge in [0.05, 0.1) is 18.1 Å². The molecule has 0 radical (unpaired) electrons. The monoisotopic (exact) mass is 450 g/mol. The lowest BCUT2D eigenvalue weighted by atomic mass is 10.0. The number of nitrogens with zero attached hydrogens (tertiary/aromatic N) is 5. The lowest BCUT2D eigenvalue weighted by Crippen LogP contribution is -2.32. The largest absolute Gasteiger partial charge is 0.483 e. The Morgan fingerprint density at radius 3 is 2.91 bits per heavy atom. The summed E-state index contributed by atoms with van der Waals surface area (Å²) in [5, 5.41) is 8.33. The van der Waals surface area contributed by atoms with Crippen LogP contribution in [0.3, 0.4) is 0 Å². The van der Waals surface area contributed by atoms with Crippen molar-refractivity contribution in [3.63, 3.8) is 0 Å². The van der Waals surface area contributed by atoms with Gasteiger partial charge in [0.15, 0.2) is 23.8 Å². The second-order valence-electron chi connectivity index (χ2n) is 9.27. The fourth-order valence-corrected chi connectivity index (χ4v) is 4.60. The fraction of sp³-hybridized carbons (Fsp3) is 0.500. The van der Waals surface area contributed by atoms with Crippen LogP contribution in [-0.4, -0.2) is 57.5 Å². The van der Waals surface area contributed by atoms with Gasteiger partial charge in [0, 0.05) is 31.6 Å². The van der Waals surface area contributed by atoms with Gasteiger partial charge >= 0.3 is 0 Å². The molecule has 2 aliphatic rings. The first-order valence-electron chi connectivity index (χ1n) is 11.6. The maximum Gasteiger partial charge on any atom is 0.258 e. The van der Waals surface area contributed by atoms with E-state index in [0.717, 1.165) is 47.7 Å². The number of piperidine rings is 1. The number of aromatic nitrogens is 4. The van der Waals surface area contributed by atoms with Crippen molar-refractivity contribution in [2.24, 2.45) is 0 Å². The number of hydrogen-bond donors (Lipinski definition) is 1. The predicted octanol–water partition coefficient (Wildman–Crippen LogP) is 2.73. The summed E-state index contributed by atoms with van der Waals surface area (Å²) in [5.41, 5.74) is 1.64. The molecule has 0 spiro atoms. The molecule has 9 heteroatoms. The maximum atomic E-state index is 12.4. The van der Waals surface area contributed by atoms with Crippen molar-refractivity contribution in [1.29, 1.82) is 0 Å². The molecule has 33 heavy (non-hydrogen) atoms. The minimum atomic E-state index is -0.256. The van der Waals surface area contributed by atoms with Crippen LogP contribution >= 0.6 is 0 Å². The average Bonchev–Trinajstić information content (AvgIpc) is 3.37. The van der Waals surface area contributed by atoms with Crippen LogP contribution < -0.4 is 19.7 Å². The van der Waals surface area contributed by atoms with E-state index in [1.54, 1.807) is 6.33 Å². The first-order chi connectivity index (χ1) is 16.0. The summed E-state index contributed by atoms with van der Waals surface area (Å²) in [6.07, 6.45) is 7.88. The summed E-state index contributed by atoms with van der Waals surface area (Å²) >= 11 is 0. The van der Waals surface area contributed by atoms with Crippen molar-refractivity contribution in [2.45, 2.75) is 51.7 Å². The lowest BCUT2D eigenvalue weighted by Gasteiger charge is -2.27. The molecule has 0 saturated carbocycles. The Hall–Kier alpha value is -3.36. The molecule has 1 N–H and O–H groups in total. The molecule has 9 nitrogen and oxygen atoms in total. The summed E-state index contributed by atoms with van der Waals surface area (Å²) < 4.78 is 13.6. The standard InChI is InChI=1S/C24H30N6O3/c1-24(2)13-17-7-6-8-19(21(17)33-24)32-15-20(31)25-9-12-30-23-18(14-28-30)22(26-16-27-23)29-10-4-3-5-11-29/h6-8,14,16H,3-5,9-13,15H2,1-2H3,(H,25,31). The van der Waals surface area contributed by atoms with Gasteiger partial charge in [-0.25, -0.2) is 14.6 Å². The normalized spacial score (nSPS) is 17.0. The molecule has 174 valence electrons. The first-order valence-corrected chi connectivity index (χ1v) is 11.6. The topological polar surface area (TPSA) is 94.4 Å². The zero-order valence-corrected chi connectivity index (χ0v) is 19.2. The maximum absolute atomic E-state index is 12.4. The number of nitrogens with one attached hydrogen (secondary N) is 1. The number of fused-ring (bicyclic) bond motifs is 2. The smallest absolute Gasteiger partial charge is 0.258 e. The van der Waals surface area contributed by atoms with Gasteiger partial charge in [-0.1, -0.05) is 12.1 Å². The van der Waals surface area contributed by atoms with Crippen LogP contribution in [0, 0.1) is 0 Å². The highest BCUT2D eigenvalue weighted by Gasteiger charge is 2.32. The van der Waals surface area contributed by atoms with Crippen LogP contribution in [0.15, 0.2) is 30.7 Å². The molecule has 2 aliphatic heterocycles. The van der Waals surface area contributed by atoms with E-state index in [4.69, 9.17) is 9.47 Å². The molecule has 1 amide bonds. The van der Waals surface area contributed by atoms with Gasteiger partial charge in [0.2, 0.25) is 0 Å². The van der Waals surface area contributed by atoms with Gasteiger partial charge in [0.1, 0.15) is 17.7 Å². The third-order valence-electron chi connectivity index (χ3n) is 6.13. The Balaban J connectivity index is 1.16. The molecular formula is C24H30N6O3. The summed E-state index contributed by atoms with van der Waals surface area (Å²) in [5.74, 6) is 2.10. The predicted molar refractivity (Wildman–Crippen MR) is 125 cm³/mol. The van der Waals surface area contributed by atoms with Gasteiger partial charge in [-0.2, -0.15) is 5.10 Å². The van der Waals surface area contributed by atoms with Crippen molar-refractivity contribution in [1.82, 2.24) is 25.1 Å². The molecule has 5 rings (SSSR count). The third kappa shape index (κ3) is 4.58. The minimum absolute atomic E-state index is 0.0681. The Morgan fingerprint density at radius 1 is 1.21 bits per heavy atom. The Morgan fingerprint density at radius 2 is 2.06 bits per heavy atom. The van der Waals surface area contributed by atoms with Crippen molar-refractivity contribution >= 4 is 22.8 Å². The lowest BCUT2D eigenvalue weighted by molar-refractivity contribution is -0.123. The van der Waals surface area contributed by atoms with E-state index in [1.165, 1.54) is 19.3 Å². The van der Waals surface area contributed by atoms with Gasteiger partial charge < -0.3 is 19.7 Å². The summed E-state index contributed by atoms with van der Waals surface area (Å²) in [6, 6.07) is 5.80. The minimum Gasteiger partial charge on any atom is -0.483 e. The zero-order valence-electron chi connectivity index (χ0n) is 19.2. The Kier molecular flexibility index (Phi) is 5.78. The molecule has 1 aromatic carbocycles. The van der Waals surface area contributed by atoms with Crippen LogP contribution in [0.4, 0.5) is 5.82 Å². The number of anilines is 1. The van der Waals surface area contributed by atoms with E-state index >= 15 is 0 Å². The van der Waals surface area contributed by atoms with Crippen molar-refractivity contribution in [2.75, 3.05) is 31.1 Å². The highest BCUT2D eigenvalue weighted by Crippen LogP contribution is 2.41. The second-order valence-corrected chi connectivity index (χ2v) is 9.27. The summed E-state index contributed by atoms with van der Waals surface area (Å²) in [4.78, 5) is 23.6. The van der Waals surface area contributed by atoms with E-state index in [9.17, 15) is 4.79 Å². The van der Waals surface area contributed by atoms with Gasteiger partial charge in [-0.15, -0.1) is 0 Å². The van der Waals surface area contributed by atoms with Gasteiger partial charge in [-0.05, 0) is 39.2 Å². The number of benzene rings is 1. The SMILES string of the molecule is CC1(C)Cc2cccc(OCC(=O)NCCn3ncc4c(N5CCCCC5)ncnc43)c2O1. The van der Waals surface area contributed by atoms with E-state index in [0.29, 0.717) is 18.8 Å². The number of rotatable bonds is 7. The van der Waals surface area contributed by atoms with Crippen LogP contribution in [0.2, 0.25) is 0 Å². The second kappa shape index (κ2) is 8.88. The van der Waals surface area contributed by atoms with Crippen molar-refractivity contribution in [3.05, 3.63) is 36.3 Å². The molecule has 0 atom stereocenters. The molecule has 2 aromatic heterocycles. The quantitative estimate of drug-likeness (QED) is 0.591. The summed E-state index contributed by atoms with van der Waals surface area (Å²) in [7, 11) is 0. The van der Waals surface area contributed by atoms with Crippen LogP contribution in [0.1, 0.15) is 38.7 Å². The molecule has 4 heterocycles. The van der Waals surface area contributed by atoms with Crippen LogP contribution in [0.25, 0.3) is 11.0 Å².